The van der Waals surface area contributed by atoms with E-state index in [-0.39, 0.29) is 5.97 Å². The van der Waals surface area contributed by atoms with Gasteiger partial charge in [-0.2, -0.15) is 0 Å². The summed E-state index contributed by atoms with van der Waals surface area (Å²) in [6.07, 6.45) is 0. The lowest BCUT2D eigenvalue weighted by Gasteiger charge is -2.00. The van der Waals surface area contributed by atoms with Crippen LogP contribution >= 0.6 is 11.3 Å². The van der Waals surface area contributed by atoms with E-state index in [0.29, 0.717) is 11.5 Å². The second kappa shape index (κ2) is 4.85. The quantitative estimate of drug-likeness (QED) is 0.785. The number of methoxy groups -OCH3 is 2. The van der Waals surface area contributed by atoms with Crippen LogP contribution in [0.15, 0.2) is 18.2 Å². The molecule has 1 aromatic heterocycles. The zero-order chi connectivity index (χ0) is 12.4. The van der Waals surface area contributed by atoms with Gasteiger partial charge in [0, 0.05) is 11.8 Å². The molecule has 3 nitrogen and oxygen atoms in total. The van der Waals surface area contributed by atoms with E-state index in [9.17, 15) is 4.79 Å². The summed E-state index contributed by atoms with van der Waals surface area (Å²) in [5.74, 6) is -0.267. The van der Waals surface area contributed by atoms with E-state index in [1.165, 1.54) is 18.4 Å². The summed E-state index contributed by atoms with van der Waals surface area (Å²) in [7, 11) is 3.08. The van der Waals surface area contributed by atoms with Crippen LogP contribution in [0.2, 0.25) is 0 Å². The Kier molecular flexibility index (Phi) is 3.45. The fourth-order valence-electron chi connectivity index (χ4n) is 1.81. The van der Waals surface area contributed by atoms with Crippen molar-refractivity contribution in [3.8, 4) is 0 Å². The Hall–Kier alpha value is -1.39. The number of thiophene rings is 1. The molecule has 0 aliphatic carbocycles. The van der Waals surface area contributed by atoms with Gasteiger partial charge >= 0.3 is 5.97 Å². The van der Waals surface area contributed by atoms with Crippen molar-refractivity contribution >= 4 is 27.4 Å². The van der Waals surface area contributed by atoms with Crippen LogP contribution < -0.4 is 0 Å². The summed E-state index contributed by atoms with van der Waals surface area (Å²) >= 11 is 1.47. The Morgan fingerprint density at radius 2 is 2.12 bits per heavy atom. The lowest BCUT2D eigenvalue weighted by atomic mass is 10.1. The molecule has 1 aromatic carbocycles. The third-order valence-electron chi connectivity index (χ3n) is 2.68. The molecule has 4 heteroatoms. The first-order valence-corrected chi connectivity index (χ1v) is 6.08. The van der Waals surface area contributed by atoms with Gasteiger partial charge in [-0.05, 0) is 35.6 Å². The van der Waals surface area contributed by atoms with E-state index in [2.05, 4.69) is 6.07 Å². The molecule has 1 heterocycles. The Labute approximate surface area is 104 Å². The summed E-state index contributed by atoms with van der Waals surface area (Å²) in [5.41, 5.74) is 2.09. The minimum Gasteiger partial charge on any atom is -0.465 e. The minimum absolute atomic E-state index is 0.267. The fourth-order valence-corrected chi connectivity index (χ4v) is 2.92. The van der Waals surface area contributed by atoms with Crippen molar-refractivity contribution in [1.82, 2.24) is 0 Å². The summed E-state index contributed by atoms with van der Waals surface area (Å²) < 4.78 is 11.0. The highest BCUT2D eigenvalue weighted by molar-refractivity contribution is 7.21. The molecule has 0 saturated heterocycles. The van der Waals surface area contributed by atoms with Gasteiger partial charge in [0.05, 0.1) is 13.7 Å². The molecule has 17 heavy (non-hydrogen) atoms. The van der Waals surface area contributed by atoms with Crippen LogP contribution in [0.5, 0.6) is 0 Å². The van der Waals surface area contributed by atoms with Crippen molar-refractivity contribution in [3.05, 3.63) is 34.2 Å². The second-order valence-electron chi connectivity index (χ2n) is 3.81. The van der Waals surface area contributed by atoms with Crippen molar-refractivity contribution in [3.63, 3.8) is 0 Å². The van der Waals surface area contributed by atoms with Gasteiger partial charge in [-0.25, -0.2) is 4.79 Å². The number of hydrogen-bond donors (Lipinski definition) is 0. The van der Waals surface area contributed by atoms with Gasteiger partial charge < -0.3 is 9.47 Å². The molecule has 2 rings (SSSR count). The van der Waals surface area contributed by atoms with E-state index < -0.39 is 0 Å². The number of benzene rings is 1. The van der Waals surface area contributed by atoms with Crippen LogP contribution in [0.1, 0.15) is 20.8 Å². The van der Waals surface area contributed by atoms with Gasteiger partial charge in [0.25, 0.3) is 0 Å². The first kappa shape index (κ1) is 12.1. The number of aryl methyl sites for hydroxylation is 1. The number of esters is 1. The topological polar surface area (TPSA) is 35.5 Å². The fraction of sp³-hybridized carbons (Fsp3) is 0.308. The van der Waals surface area contributed by atoms with E-state index in [0.717, 1.165) is 21.2 Å². The normalized spacial score (nSPS) is 10.8. The Morgan fingerprint density at radius 3 is 2.76 bits per heavy atom. The zero-order valence-electron chi connectivity index (χ0n) is 10.1. The van der Waals surface area contributed by atoms with Crippen molar-refractivity contribution in [1.29, 1.82) is 0 Å². The van der Waals surface area contributed by atoms with E-state index in [4.69, 9.17) is 9.47 Å². The summed E-state index contributed by atoms with van der Waals surface area (Å²) in [6, 6.07) is 6.10. The first-order valence-electron chi connectivity index (χ1n) is 5.26. The third kappa shape index (κ3) is 2.18. The van der Waals surface area contributed by atoms with Crippen LogP contribution in [0.3, 0.4) is 0 Å². The van der Waals surface area contributed by atoms with Gasteiger partial charge in [0.2, 0.25) is 0 Å². The molecule has 0 amide bonds. The maximum absolute atomic E-state index is 11.6. The molecular formula is C13H14O3S. The lowest BCUT2D eigenvalue weighted by Crippen LogP contribution is -1.99. The van der Waals surface area contributed by atoms with Gasteiger partial charge in [-0.15, -0.1) is 11.3 Å². The molecule has 0 unspecified atom stereocenters. The molecule has 0 aliphatic heterocycles. The van der Waals surface area contributed by atoms with Crippen LogP contribution in [0, 0.1) is 6.92 Å². The van der Waals surface area contributed by atoms with Crippen LogP contribution in [0.25, 0.3) is 10.1 Å². The van der Waals surface area contributed by atoms with E-state index in [1.54, 1.807) is 7.11 Å². The largest absolute Gasteiger partial charge is 0.465 e. The number of rotatable bonds is 3. The van der Waals surface area contributed by atoms with Gasteiger partial charge in [-0.1, -0.05) is 6.07 Å². The maximum atomic E-state index is 11.6. The SMILES string of the molecule is COCc1ccc2sc(C(=O)OC)c(C)c2c1. The smallest absolute Gasteiger partial charge is 0.348 e. The molecular weight excluding hydrogens is 236 g/mol. The molecule has 0 bridgehead atoms. The number of hydrogen-bond acceptors (Lipinski definition) is 4. The van der Waals surface area contributed by atoms with Crippen molar-refractivity contribution in [2.75, 3.05) is 14.2 Å². The third-order valence-corrected chi connectivity index (χ3v) is 3.94. The van der Waals surface area contributed by atoms with Gasteiger partial charge in [0.1, 0.15) is 4.88 Å². The standard InChI is InChI=1S/C13H14O3S/c1-8-10-6-9(7-15-2)4-5-11(10)17-12(8)13(14)16-3/h4-6H,7H2,1-3H3. The van der Waals surface area contributed by atoms with Gasteiger partial charge in [0.15, 0.2) is 0 Å². The molecule has 0 N–H and O–H groups in total. The van der Waals surface area contributed by atoms with Gasteiger partial charge in [-0.3, -0.25) is 0 Å². The molecule has 0 spiro atoms. The first-order chi connectivity index (χ1) is 8.17. The summed E-state index contributed by atoms with van der Waals surface area (Å²) in [5, 5.41) is 1.10. The Balaban J connectivity index is 2.54. The molecule has 0 radical (unpaired) electrons. The van der Waals surface area contributed by atoms with Crippen molar-refractivity contribution < 1.29 is 14.3 Å². The van der Waals surface area contributed by atoms with Crippen LogP contribution in [-0.2, 0) is 16.1 Å². The molecule has 90 valence electrons. The summed E-state index contributed by atoms with van der Waals surface area (Å²) in [6.45, 7) is 2.53. The zero-order valence-corrected chi connectivity index (χ0v) is 10.9. The van der Waals surface area contributed by atoms with Crippen LogP contribution in [-0.4, -0.2) is 20.2 Å². The van der Waals surface area contributed by atoms with E-state index in [1.807, 2.05) is 19.1 Å². The Bertz CT molecular complexity index is 557. The van der Waals surface area contributed by atoms with Crippen LogP contribution in [0.4, 0.5) is 0 Å². The molecule has 0 aliphatic rings. The average Bonchev–Trinajstić information content (AvgIpc) is 2.67. The molecule has 0 saturated carbocycles. The number of fused-ring (bicyclic) bond motifs is 1. The van der Waals surface area contributed by atoms with E-state index >= 15 is 0 Å². The average molecular weight is 250 g/mol. The molecule has 0 fully saturated rings. The predicted molar refractivity (Wildman–Crippen MR) is 68.6 cm³/mol. The van der Waals surface area contributed by atoms with Crippen molar-refractivity contribution in [2.24, 2.45) is 0 Å². The second-order valence-corrected chi connectivity index (χ2v) is 4.86. The minimum atomic E-state index is -0.267. The summed E-state index contributed by atoms with van der Waals surface area (Å²) in [4.78, 5) is 12.3. The monoisotopic (exact) mass is 250 g/mol. The highest BCUT2D eigenvalue weighted by Crippen LogP contribution is 2.32. The molecule has 2 aromatic rings. The highest BCUT2D eigenvalue weighted by Gasteiger charge is 2.15. The maximum Gasteiger partial charge on any atom is 0.348 e. The Morgan fingerprint density at radius 1 is 1.35 bits per heavy atom. The highest BCUT2D eigenvalue weighted by atomic mass is 32.1. The lowest BCUT2D eigenvalue weighted by molar-refractivity contribution is 0.0605. The number of carbonyl (C=O) groups excluding carboxylic acids is 1. The predicted octanol–water partition coefficient (Wildman–Crippen LogP) is 3.14. The van der Waals surface area contributed by atoms with Crippen molar-refractivity contribution in [2.45, 2.75) is 13.5 Å². The number of carbonyl (C=O) groups is 1. The molecule has 0 atom stereocenters. The number of ether oxygens (including phenoxy) is 2.